The molecule has 2 nitrogen and oxygen atoms in total. The van der Waals surface area contributed by atoms with E-state index >= 15 is 0 Å². The first-order valence-corrected chi connectivity index (χ1v) is 6.01. The van der Waals surface area contributed by atoms with Crippen LogP contribution in [0.25, 0.3) is 0 Å². The van der Waals surface area contributed by atoms with Crippen molar-refractivity contribution in [2.75, 3.05) is 0 Å². The van der Waals surface area contributed by atoms with E-state index in [4.69, 9.17) is 23.2 Å². The highest BCUT2D eigenvalue weighted by molar-refractivity contribution is 6.35. The van der Waals surface area contributed by atoms with Crippen LogP contribution in [0.1, 0.15) is 25.8 Å². The number of rotatable bonds is 4. The summed E-state index contributed by atoms with van der Waals surface area (Å²) in [6, 6.07) is 5.35. The molecule has 0 spiro atoms. The van der Waals surface area contributed by atoms with Crippen LogP contribution in [0.15, 0.2) is 18.2 Å². The Hall–Kier alpha value is -0.730. The summed E-state index contributed by atoms with van der Waals surface area (Å²) in [5.74, 6) is -0.0152. The van der Waals surface area contributed by atoms with Gasteiger partial charge in [-0.1, -0.05) is 36.2 Å². The fourth-order valence-corrected chi connectivity index (χ4v) is 1.74. The van der Waals surface area contributed by atoms with E-state index in [2.05, 4.69) is 5.32 Å². The van der Waals surface area contributed by atoms with Crippen molar-refractivity contribution < 1.29 is 4.79 Å². The molecule has 1 aromatic carbocycles. The van der Waals surface area contributed by atoms with Crippen LogP contribution >= 0.6 is 23.2 Å². The number of carbonyl (C=O) groups excluding carboxylic acids is 1. The molecule has 0 bridgehead atoms. The molecule has 0 aliphatic rings. The molecule has 1 amide bonds. The fourth-order valence-electron chi connectivity index (χ4n) is 1.27. The molecule has 16 heavy (non-hydrogen) atoms. The van der Waals surface area contributed by atoms with Gasteiger partial charge in [0.1, 0.15) is 0 Å². The average molecular weight is 260 g/mol. The third-order valence-electron chi connectivity index (χ3n) is 2.39. The monoisotopic (exact) mass is 259 g/mol. The van der Waals surface area contributed by atoms with E-state index in [1.54, 1.807) is 18.2 Å². The number of nitrogens with one attached hydrogen (secondary N) is 1. The summed E-state index contributed by atoms with van der Waals surface area (Å²) < 4.78 is 0. The molecule has 0 heterocycles. The van der Waals surface area contributed by atoms with Gasteiger partial charge in [0.15, 0.2) is 0 Å². The van der Waals surface area contributed by atoms with Gasteiger partial charge in [-0.05, 0) is 31.0 Å². The molecule has 0 radical (unpaired) electrons. The largest absolute Gasteiger partial charge is 0.353 e. The molecule has 1 rings (SSSR count). The Balaban J connectivity index is 2.63. The van der Waals surface area contributed by atoms with Crippen LogP contribution in [-0.2, 0) is 11.2 Å². The zero-order valence-corrected chi connectivity index (χ0v) is 10.9. The van der Waals surface area contributed by atoms with Gasteiger partial charge in [-0.25, -0.2) is 0 Å². The normalized spacial score (nSPS) is 12.2. The summed E-state index contributed by atoms with van der Waals surface area (Å²) in [7, 11) is 0. The second-order valence-corrected chi connectivity index (χ2v) is 4.63. The number of hydrogen-bond acceptors (Lipinski definition) is 1. The van der Waals surface area contributed by atoms with Crippen molar-refractivity contribution in [1.29, 1.82) is 0 Å². The van der Waals surface area contributed by atoms with Crippen molar-refractivity contribution in [2.24, 2.45) is 0 Å². The highest BCUT2D eigenvalue weighted by Crippen LogP contribution is 2.21. The van der Waals surface area contributed by atoms with Gasteiger partial charge in [0.25, 0.3) is 0 Å². The molecular formula is C12H15Cl2NO. The molecule has 1 N–H and O–H groups in total. The predicted octanol–water partition coefficient (Wildman–Crippen LogP) is 3.45. The van der Waals surface area contributed by atoms with Crippen molar-refractivity contribution in [1.82, 2.24) is 5.32 Å². The second kappa shape index (κ2) is 6.12. The van der Waals surface area contributed by atoms with Crippen LogP contribution in [0, 0.1) is 0 Å². The Morgan fingerprint density at radius 3 is 2.69 bits per heavy atom. The SMILES string of the molecule is CC[C@@H](C)NC(=O)Cc1ccc(Cl)cc1Cl. The molecule has 0 saturated carbocycles. The lowest BCUT2D eigenvalue weighted by Crippen LogP contribution is -2.33. The lowest BCUT2D eigenvalue weighted by molar-refractivity contribution is -0.121. The Bertz CT molecular complexity index is 379. The molecule has 1 atom stereocenters. The molecule has 0 aromatic heterocycles. The summed E-state index contributed by atoms with van der Waals surface area (Å²) in [6.45, 7) is 4.00. The quantitative estimate of drug-likeness (QED) is 0.882. The van der Waals surface area contributed by atoms with Gasteiger partial charge in [-0.3, -0.25) is 4.79 Å². The van der Waals surface area contributed by atoms with Crippen molar-refractivity contribution in [3.8, 4) is 0 Å². The number of halogens is 2. The van der Waals surface area contributed by atoms with Crippen molar-refractivity contribution in [3.05, 3.63) is 33.8 Å². The standard InChI is InChI=1S/C12H15Cl2NO/c1-3-8(2)15-12(16)6-9-4-5-10(13)7-11(9)14/h4-5,7-8H,3,6H2,1-2H3,(H,15,16)/t8-/m1/s1. The molecule has 0 aliphatic heterocycles. The first kappa shape index (κ1) is 13.3. The molecule has 0 unspecified atom stereocenters. The van der Waals surface area contributed by atoms with Crippen LogP contribution in [0.5, 0.6) is 0 Å². The van der Waals surface area contributed by atoms with E-state index in [-0.39, 0.29) is 11.9 Å². The van der Waals surface area contributed by atoms with Gasteiger partial charge in [0.2, 0.25) is 5.91 Å². The van der Waals surface area contributed by atoms with Gasteiger partial charge in [0.05, 0.1) is 6.42 Å². The van der Waals surface area contributed by atoms with Gasteiger partial charge in [-0.2, -0.15) is 0 Å². The summed E-state index contributed by atoms with van der Waals surface area (Å²) in [5, 5.41) is 4.00. The van der Waals surface area contributed by atoms with Crippen molar-refractivity contribution in [2.45, 2.75) is 32.7 Å². The minimum absolute atomic E-state index is 0.0152. The van der Waals surface area contributed by atoms with Gasteiger partial charge in [-0.15, -0.1) is 0 Å². The summed E-state index contributed by atoms with van der Waals surface area (Å²) in [6.07, 6.45) is 1.21. The maximum Gasteiger partial charge on any atom is 0.224 e. The molecule has 88 valence electrons. The van der Waals surface area contributed by atoms with E-state index in [0.717, 1.165) is 12.0 Å². The lowest BCUT2D eigenvalue weighted by Gasteiger charge is -2.11. The number of carbonyl (C=O) groups is 1. The highest BCUT2D eigenvalue weighted by atomic mass is 35.5. The summed E-state index contributed by atoms with van der Waals surface area (Å²) in [4.78, 5) is 11.6. The Morgan fingerprint density at radius 2 is 2.12 bits per heavy atom. The smallest absolute Gasteiger partial charge is 0.224 e. The van der Waals surface area contributed by atoms with Crippen LogP contribution in [-0.4, -0.2) is 11.9 Å². The molecule has 4 heteroatoms. The van der Waals surface area contributed by atoms with E-state index in [9.17, 15) is 4.79 Å². The number of benzene rings is 1. The second-order valence-electron chi connectivity index (χ2n) is 3.79. The molecule has 1 aromatic rings. The summed E-state index contributed by atoms with van der Waals surface area (Å²) >= 11 is 11.8. The highest BCUT2D eigenvalue weighted by Gasteiger charge is 2.09. The maximum atomic E-state index is 11.6. The molecule has 0 aliphatic carbocycles. The Kier molecular flexibility index (Phi) is 5.10. The molecule has 0 saturated heterocycles. The van der Waals surface area contributed by atoms with Crippen LogP contribution in [0.2, 0.25) is 10.0 Å². The third-order valence-corrected chi connectivity index (χ3v) is 2.97. The van der Waals surface area contributed by atoms with E-state index < -0.39 is 0 Å². The molecule has 0 fully saturated rings. The van der Waals surface area contributed by atoms with Crippen LogP contribution < -0.4 is 5.32 Å². The number of hydrogen-bond donors (Lipinski definition) is 1. The zero-order valence-electron chi connectivity index (χ0n) is 9.39. The van der Waals surface area contributed by atoms with E-state index in [0.29, 0.717) is 16.5 Å². The fraction of sp³-hybridized carbons (Fsp3) is 0.417. The van der Waals surface area contributed by atoms with Gasteiger partial charge < -0.3 is 5.32 Å². The minimum atomic E-state index is -0.0152. The third kappa shape index (κ3) is 4.03. The Morgan fingerprint density at radius 1 is 1.44 bits per heavy atom. The summed E-state index contributed by atoms with van der Waals surface area (Å²) in [5.41, 5.74) is 0.798. The lowest BCUT2D eigenvalue weighted by atomic mass is 10.1. The van der Waals surface area contributed by atoms with Crippen LogP contribution in [0.3, 0.4) is 0 Å². The maximum absolute atomic E-state index is 11.6. The van der Waals surface area contributed by atoms with Gasteiger partial charge in [0, 0.05) is 16.1 Å². The van der Waals surface area contributed by atoms with E-state index in [1.165, 1.54) is 0 Å². The average Bonchev–Trinajstić information content (AvgIpc) is 2.22. The Labute approximate surface area is 106 Å². The van der Waals surface area contributed by atoms with Crippen LogP contribution in [0.4, 0.5) is 0 Å². The zero-order chi connectivity index (χ0) is 12.1. The van der Waals surface area contributed by atoms with Gasteiger partial charge >= 0.3 is 0 Å². The number of amides is 1. The minimum Gasteiger partial charge on any atom is -0.353 e. The molecular weight excluding hydrogens is 245 g/mol. The topological polar surface area (TPSA) is 29.1 Å². The first-order valence-electron chi connectivity index (χ1n) is 5.26. The predicted molar refractivity (Wildman–Crippen MR) is 68.1 cm³/mol. The van der Waals surface area contributed by atoms with Crippen molar-refractivity contribution >= 4 is 29.1 Å². The first-order chi connectivity index (χ1) is 7.52. The van der Waals surface area contributed by atoms with Crippen molar-refractivity contribution in [3.63, 3.8) is 0 Å². The van der Waals surface area contributed by atoms with E-state index in [1.807, 2.05) is 13.8 Å².